The number of esters is 3. The molecule has 1 unspecified atom stereocenters. The van der Waals surface area contributed by atoms with Crippen LogP contribution in [0.5, 0.6) is 0 Å². The SMILES string of the molecule is CC\C=C/C=C\C=C/C=C\C=C/CCCC(=O)OC(COC(=O)CCCCC\C=C/C=C/C=C\C=C/C=C\C=C/CC)COC(=O)CCCCCC/C=C\CCCC. The van der Waals surface area contributed by atoms with Gasteiger partial charge < -0.3 is 14.2 Å². The first-order valence-corrected chi connectivity index (χ1v) is 22.0. The van der Waals surface area contributed by atoms with Gasteiger partial charge in [0.25, 0.3) is 0 Å². The first-order chi connectivity index (χ1) is 28.5. The smallest absolute Gasteiger partial charge is 0.306 e. The lowest BCUT2D eigenvalue weighted by atomic mass is 10.1. The Morgan fingerprint density at radius 2 is 0.707 bits per heavy atom. The second-order valence-electron chi connectivity index (χ2n) is 13.8. The number of unbranched alkanes of at least 4 members (excludes halogenated alkanes) is 10. The van der Waals surface area contributed by atoms with Crippen LogP contribution in [0.15, 0.2) is 146 Å². The van der Waals surface area contributed by atoms with Gasteiger partial charge in [-0.25, -0.2) is 0 Å². The quantitative estimate of drug-likeness (QED) is 0.0207. The standard InChI is InChI=1S/C52H76O6/c1-4-7-10-13-16-19-22-24-25-26-27-29-30-33-36-39-42-45-51(54)57-48-49(47-56-50(53)44-41-38-35-32-21-18-15-12-9-6-3)58-52(55)46-43-40-37-34-31-28-23-20-17-14-11-8-5-2/h7-8,10-11,13-20,22-31,34,37,49H,4-6,9,12,21,32-33,35-36,38-48H2,1-3H3/b10-7-,11-8-,16-13-,17-14-,18-15-,22-19-,23-20-,25-24-,27-26+,30-29-,31-28-,37-34-. The molecular formula is C52H76O6. The lowest BCUT2D eigenvalue weighted by Gasteiger charge is -2.18. The number of hydrogen-bond acceptors (Lipinski definition) is 6. The van der Waals surface area contributed by atoms with E-state index in [0.29, 0.717) is 25.7 Å². The van der Waals surface area contributed by atoms with Gasteiger partial charge in [0, 0.05) is 19.3 Å². The van der Waals surface area contributed by atoms with Crippen LogP contribution < -0.4 is 0 Å². The van der Waals surface area contributed by atoms with Crippen molar-refractivity contribution in [3.05, 3.63) is 146 Å². The van der Waals surface area contributed by atoms with Gasteiger partial charge in [-0.1, -0.05) is 199 Å². The minimum Gasteiger partial charge on any atom is -0.462 e. The molecule has 1 atom stereocenters. The van der Waals surface area contributed by atoms with E-state index in [1.165, 1.54) is 12.8 Å². The maximum atomic E-state index is 12.7. The van der Waals surface area contributed by atoms with Crippen molar-refractivity contribution in [2.75, 3.05) is 13.2 Å². The summed E-state index contributed by atoms with van der Waals surface area (Å²) in [6.45, 7) is 6.14. The number of allylic oxidation sites excluding steroid dienone is 24. The highest BCUT2D eigenvalue weighted by Crippen LogP contribution is 2.10. The van der Waals surface area contributed by atoms with Crippen molar-refractivity contribution in [2.24, 2.45) is 0 Å². The van der Waals surface area contributed by atoms with Crippen LogP contribution in [0, 0.1) is 0 Å². The molecule has 0 aromatic heterocycles. The third-order valence-electron chi connectivity index (χ3n) is 8.35. The van der Waals surface area contributed by atoms with Crippen LogP contribution in [0.1, 0.15) is 143 Å². The second kappa shape index (κ2) is 45.0. The van der Waals surface area contributed by atoms with E-state index in [9.17, 15) is 14.4 Å². The highest BCUT2D eigenvalue weighted by Gasteiger charge is 2.19. The predicted octanol–water partition coefficient (Wildman–Crippen LogP) is 14.1. The van der Waals surface area contributed by atoms with E-state index in [4.69, 9.17) is 14.2 Å². The molecule has 0 saturated carbocycles. The third kappa shape index (κ3) is 42.4. The fourth-order valence-corrected chi connectivity index (χ4v) is 5.07. The van der Waals surface area contributed by atoms with Gasteiger partial charge in [0.05, 0.1) is 0 Å². The van der Waals surface area contributed by atoms with Gasteiger partial charge in [0.1, 0.15) is 13.2 Å². The topological polar surface area (TPSA) is 78.9 Å². The van der Waals surface area contributed by atoms with Crippen LogP contribution in [0.4, 0.5) is 0 Å². The summed E-state index contributed by atoms with van der Waals surface area (Å²) in [5.41, 5.74) is 0. The van der Waals surface area contributed by atoms with Gasteiger partial charge in [-0.3, -0.25) is 14.4 Å². The first kappa shape index (κ1) is 53.3. The molecule has 0 saturated heterocycles. The molecule has 0 bridgehead atoms. The Morgan fingerprint density at radius 3 is 1.16 bits per heavy atom. The van der Waals surface area contributed by atoms with Crippen LogP contribution >= 0.6 is 0 Å². The molecule has 0 N–H and O–H groups in total. The summed E-state index contributed by atoms with van der Waals surface area (Å²) in [7, 11) is 0. The van der Waals surface area contributed by atoms with Gasteiger partial charge in [-0.05, 0) is 70.6 Å². The summed E-state index contributed by atoms with van der Waals surface area (Å²) in [6.07, 6.45) is 64.1. The van der Waals surface area contributed by atoms with E-state index in [2.05, 4.69) is 51.2 Å². The highest BCUT2D eigenvalue weighted by molar-refractivity contribution is 5.71. The van der Waals surface area contributed by atoms with Crippen LogP contribution in [0.3, 0.4) is 0 Å². The molecule has 0 aromatic rings. The molecule has 320 valence electrons. The Morgan fingerprint density at radius 1 is 0.362 bits per heavy atom. The molecule has 6 nitrogen and oxygen atoms in total. The van der Waals surface area contributed by atoms with Gasteiger partial charge in [-0.15, -0.1) is 0 Å². The minimum absolute atomic E-state index is 0.135. The molecule has 6 heteroatoms. The van der Waals surface area contributed by atoms with Crippen LogP contribution in [0.25, 0.3) is 0 Å². The van der Waals surface area contributed by atoms with E-state index in [-0.39, 0.29) is 38.0 Å². The van der Waals surface area contributed by atoms with E-state index in [1.54, 1.807) is 0 Å². The van der Waals surface area contributed by atoms with E-state index < -0.39 is 12.1 Å². The lowest BCUT2D eigenvalue weighted by Crippen LogP contribution is -2.30. The maximum absolute atomic E-state index is 12.7. The largest absolute Gasteiger partial charge is 0.462 e. The zero-order chi connectivity index (χ0) is 42.3. The van der Waals surface area contributed by atoms with Gasteiger partial charge in [0.2, 0.25) is 0 Å². The Bertz CT molecular complexity index is 1380. The molecule has 58 heavy (non-hydrogen) atoms. The van der Waals surface area contributed by atoms with Crippen molar-refractivity contribution in [3.63, 3.8) is 0 Å². The maximum Gasteiger partial charge on any atom is 0.306 e. The first-order valence-electron chi connectivity index (χ1n) is 22.0. The number of hydrogen-bond donors (Lipinski definition) is 0. The highest BCUT2D eigenvalue weighted by atomic mass is 16.6. The van der Waals surface area contributed by atoms with E-state index in [0.717, 1.165) is 70.6 Å². The summed E-state index contributed by atoms with van der Waals surface area (Å²) >= 11 is 0. The molecule has 0 aliphatic carbocycles. The fourth-order valence-electron chi connectivity index (χ4n) is 5.07. The van der Waals surface area contributed by atoms with Crippen molar-refractivity contribution >= 4 is 17.9 Å². The zero-order valence-corrected chi connectivity index (χ0v) is 36.2. The molecular weight excluding hydrogens is 721 g/mol. The molecule has 0 aliphatic rings. The predicted molar refractivity (Wildman–Crippen MR) is 246 cm³/mol. The summed E-state index contributed by atoms with van der Waals surface area (Å²) in [6, 6.07) is 0. The molecule has 0 fully saturated rings. The molecule has 0 amide bonds. The van der Waals surface area contributed by atoms with Crippen LogP contribution in [-0.4, -0.2) is 37.2 Å². The van der Waals surface area contributed by atoms with E-state index >= 15 is 0 Å². The van der Waals surface area contributed by atoms with Gasteiger partial charge in [-0.2, -0.15) is 0 Å². The Labute approximate surface area is 353 Å². The molecule has 0 radical (unpaired) electrons. The summed E-state index contributed by atoms with van der Waals surface area (Å²) < 4.78 is 16.6. The second-order valence-corrected chi connectivity index (χ2v) is 13.8. The Balaban J connectivity index is 4.64. The lowest BCUT2D eigenvalue weighted by molar-refractivity contribution is -0.167. The Kier molecular flexibility index (Phi) is 41.3. The number of carbonyl (C=O) groups is 3. The van der Waals surface area contributed by atoms with Crippen molar-refractivity contribution in [2.45, 2.75) is 149 Å². The molecule has 0 rings (SSSR count). The average Bonchev–Trinajstić information content (AvgIpc) is 3.22. The monoisotopic (exact) mass is 797 g/mol. The van der Waals surface area contributed by atoms with Crippen LogP contribution in [-0.2, 0) is 28.6 Å². The normalized spacial score (nSPS) is 13.5. The summed E-state index contributed by atoms with van der Waals surface area (Å²) in [5, 5.41) is 0. The number of carbonyl (C=O) groups excluding carboxylic acids is 3. The van der Waals surface area contributed by atoms with Crippen molar-refractivity contribution in [1.82, 2.24) is 0 Å². The number of rotatable bonds is 36. The fraction of sp³-hybridized carbons (Fsp3) is 0.481. The van der Waals surface area contributed by atoms with Gasteiger partial charge in [0.15, 0.2) is 6.10 Å². The summed E-state index contributed by atoms with van der Waals surface area (Å²) in [5.74, 6) is -1.09. The van der Waals surface area contributed by atoms with Crippen molar-refractivity contribution in [3.8, 4) is 0 Å². The van der Waals surface area contributed by atoms with E-state index in [1.807, 2.05) is 115 Å². The average molecular weight is 797 g/mol. The summed E-state index contributed by atoms with van der Waals surface area (Å²) in [4.78, 5) is 37.7. The molecule has 0 heterocycles. The zero-order valence-electron chi connectivity index (χ0n) is 36.2. The minimum atomic E-state index is -0.842. The molecule has 0 spiro atoms. The van der Waals surface area contributed by atoms with Crippen molar-refractivity contribution < 1.29 is 28.6 Å². The van der Waals surface area contributed by atoms with Crippen molar-refractivity contribution in [1.29, 1.82) is 0 Å². The van der Waals surface area contributed by atoms with Crippen LogP contribution in [0.2, 0.25) is 0 Å². The van der Waals surface area contributed by atoms with Gasteiger partial charge >= 0.3 is 17.9 Å². The molecule has 0 aromatic carbocycles. The number of ether oxygens (including phenoxy) is 3. The third-order valence-corrected chi connectivity index (χ3v) is 8.35. The Hall–Kier alpha value is -4.71. The molecule has 0 aliphatic heterocycles.